The maximum absolute atomic E-state index is 12.8. The fourth-order valence-corrected chi connectivity index (χ4v) is 3.70. The number of unbranched alkanes of at least 4 members (excludes halogenated alkanes) is 1. The van der Waals surface area contributed by atoms with E-state index in [0.717, 1.165) is 34.4 Å². The van der Waals surface area contributed by atoms with Gasteiger partial charge in [0.2, 0.25) is 0 Å². The predicted molar refractivity (Wildman–Crippen MR) is 138 cm³/mol. The molecular weight excluding hydrogens is 456 g/mol. The lowest BCUT2D eigenvalue weighted by molar-refractivity contribution is -0.147. The number of benzene rings is 2. The number of hydrogen-bond donors (Lipinski definition) is 3. The second kappa shape index (κ2) is 12.9. The summed E-state index contributed by atoms with van der Waals surface area (Å²) >= 11 is 0. The number of H-pyrrole nitrogens is 1. The summed E-state index contributed by atoms with van der Waals surface area (Å²) in [5, 5.41) is 7.03. The molecule has 2 heterocycles. The van der Waals surface area contributed by atoms with Crippen LogP contribution < -0.4 is 10.6 Å². The van der Waals surface area contributed by atoms with Crippen molar-refractivity contribution in [3.8, 4) is 0 Å². The quantitative estimate of drug-likeness (QED) is 0.188. The highest BCUT2D eigenvalue weighted by Gasteiger charge is 2.23. The third-order valence-electron chi connectivity index (χ3n) is 5.65. The summed E-state index contributed by atoms with van der Waals surface area (Å²) in [6.45, 7) is 0.954. The van der Waals surface area contributed by atoms with Gasteiger partial charge in [-0.25, -0.2) is 14.6 Å². The Morgan fingerprint density at radius 1 is 0.833 bits per heavy atom. The molecule has 8 heteroatoms. The molecular formula is C28H30N4O4. The van der Waals surface area contributed by atoms with E-state index in [4.69, 9.17) is 9.47 Å². The van der Waals surface area contributed by atoms with Crippen molar-refractivity contribution in [1.82, 2.24) is 15.3 Å². The maximum Gasteiger partial charge on any atom is 0.408 e. The number of fused-ring (bicyclic) bond motifs is 1. The molecule has 36 heavy (non-hydrogen) atoms. The Balaban J connectivity index is 1.26. The SMILES string of the molecule is O=C(N[C@@H](CCCCNc1ccc2cc[nH]c2n1)C(=O)OCc1ccccc1)OCc1ccccc1. The topological polar surface area (TPSA) is 105 Å². The second-order valence-electron chi connectivity index (χ2n) is 8.39. The molecule has 0 fully saturated rings. The lowest BCUT2D eigenvalue weighted by Gasteiger charge is -2.18. The minimum atomic E-state index is -0.801. The molecule has 2 aromatic heterocycles. The molecule has 0 aliphatic heterocycles. The van der Waals surface area contributed by atoms with Gasteiger partial charge in [-0.15, -0.1) is 0 Å². The number of anilines is 1. The molecule has 1 amide bonds. The molecule has 4 rings (SSSR count). The highest BCUT2D eigenvalue weighted by molar-refractivity contribution is 5.81. The van der Waals surface area contributed by atoms with Gasteiger partial charge in [0.1, 0.15) is 30.7 Å². The van der Waals surface area contributed by atoms with Crippen LogP contribution in [0.5, 0.6) is 0 Å². The van der Waals surface area contributed by atoms with Gasteiger partial charge in [0.15, 0.2) is 0 Å². The minimum Gasteiger partial charge on any atom is -0.459 e. The van der Waals surface area contributed by atoms with Crippen molar-refractivity contribution >= 4 is 28.9 Å². The van der Waals surface area contributed by atoms with Gasteiger partial charge in [-0.3, -0.25) is 0 Å². The van der Waals surface area contributed by atoms with Crippen LogP contribution in [0.3, 0.4) is 0 Å². The van der Waals surface area contributed by atoms with E-state index in [2.05, 4.69) is 20.6 Å². The molecule has 0 saturated carbocycles. The summed E-state index contributed by atoms with van der Waals surface area (Å²) in [6.07, 6.45) is 3.12. The normalized spacial score (nSPS) is 11.6. The van der Waals surface area contributed by atoms with Crippen LogP contribution in [-0.4, -0.2) is 34.6 Å². The van der Waals surface area contributed by atoms with Gasteiger partial charge >= 0.3 is 12.1 Å². The first-order valence-corrected chi connectivity index (χ1v) is 12.0. The van der Waals surface area contributed by atoms with E-state index in [1.54, 1.807) is 0 Å². The second-order valence-corrected chi connectivity index (χ2v) is 8.39. The number of hydrogen-bond acceptors (Lipinski definition) is 6. The monoisotopic (exact) mass is 486 g/mol. The first kappa shape index (κ1) is 24.8. The Kier molecular flexibility index (Phi) is 8.91. The van der Waals surface area contributed by atoms with Crippen molar-refractivity contribution in [1.29, 1.82) is 0 Å². The molecule has 2 aromatic carbocycles. The molecule has 0 aliphatic rings. The Morgan fingerprint density at radius 2 is 1.53 bits per heavy atom. The molecule has 0 bridgehead atoms. The van der Waals surface area contributed by atoms with Gasteiger partial charge in [0, 0.05) is 18.1 Å². The van der Waals surface area contributed by atoms with Crippen molar-refractivity contribution in [2.45, 2.75) is 38.5 Å². The molecule has 0 unspecified atom stereocenters. The van der Waals surface area contributed by atoms with E-state index in [9.17, 15) is 9.59 Å². The van der Waals surface area contributed by atoms with Crippen LogP contribution in [0.4, 0.5) is 10.6 Å². The fraction of sp³-hybridized carbons (Fsp3) is 0.250. The molecule has 0 aliphatic carbocycles. The van der Waals surface area contributed by atoms with Crippen molar-refractivity contribution in [3.63, 3.8) is 0 Å². The number of carbonyl (C=O) groups is 2. The minimum absolute atomic E-state index is 0.126. The average Bonchev–Trinajstić information content (AvgIpc) is 3.39. The molecule has 1 atom stereocenters. The summed E-state index contributed by atoms with van der Waals surface area (Å²) in [4.78, 5) is 32.8. The van der Waals surface area contributed by atoms with Crippen LogP contribution in [-0.2, 0) is 27.5 Å². The average molecular weight is 487 g/mol. The van der Waals surface area contributed by atoms with E-state index in [1.807, 2.05) is 85.1 Å². The van der Waals surface area contributed by atoms with E-state index in [-0.39, 0.29) is 13.2 Å². The number of esters is 1. The van der Waals surface area contributed by atoms with E-state index in [0.29, 0.717) is 19.4 Å². The molecule has 0 saturated heterocycles. The maximum atomic E-state index is 12.8. The van der Waals surface area contributed by atoms with Crippen LogP contribution in [0.1, 0.15) is 30.4 Å². The summed E-state index contributed by atoms with van der Waals surface area (Å²) in [7, 11) is 0. The molecule has 8 nitrogen and oxygen atoms in total. The fourth-order valence-electron chi connectivity index (χ4n) is 3.70. The van der Waals surface area contributed by atoms with E-state index in [1.165, 1.54) is 0 Å². The molecule has 3 N–H and O–H groups in total. The van der Waals surface area contributed by atoms with Crippen molar-refractivity contribution < 1.29 is 19.1 Å². The zero-order valence-electron chi connectivity index (χ0n) is 20.0. The number of pyridine rings is 1. The number of nitrogens with zero attached hydrogens (tertiary/aromatic N) is 1. The first-order chi connectivity index (χ1) is 17.7. The molecule has 4 aromatic rings. The number of aromatic nitrogens is 2. The standard InChI is InChI=1S/C28H30N4O4/c33-27(35-19-21-9-3-1-4-10-21)24(31-28(34)36-20-22-11-5-2-6-12-22)13-7-8-17-29-25-15-14-23-16-18-30-26(23)32-25/h1-6,9-12,14-16,18,24H,7-8,13,17,19-20H2,(H,31,34)(H2,29,30,32)/t24-/m0/s1. The van der Waals surface area contributed by atoms with Gasteiger partial charge in [0.25, 0.3) is 0 Å². The number of amides is 1. The summed E-state index contributed by atoms with van der Waals surface area (Å²) in [5.74, 6) is 0.300. The van der Waals surface area contributed by atoms with Crippen LogP contribution in [0.25, 0.3) is 11.0 Å². The third-order valence-corrected chi connectivity index (χ3v) is 5.65. The number of ether oxygens (including phenoxy) is 2. The molecule has 186 valence electrons. The number of alkyl carbamates (subject to hydrolysis) is 1. The largest absolute Gasteiger partial charge is 0.459 e. The van der Waals surface area contributed by atoms with Crippen LogP contribution in [0.15, 0.2) is 85.1 Å². The molecule has 0 spiro atoms. The van der Waals surface area contributed by atoms with Gasteiger partial charge in [-0.05, 0) is 48.6 Å². The van der Waals surface area contributed by atoms with Gasteiger partial charge < -0.3 is 25.1 Å². The Labute approximate surface area is 210 Å². The summed E-state index contributed by atoms with van der Waals surface area (Å²) in [5.41, 5.74) is 2.58. The Morgan fingerprint density at radius 3 is 2.25 bits per heavy atom. The third kappa shape index (κ3) is 7.59. The first-order valence-electron chi connectivity index (χ1n) is 12.0. The van der Waals surface area contributed by atoms with Crippen molar-refractivity contribution in [3.05, 3.63) is 96.2 Å². The number of nitrogens with one attached hydrogen (secondary N) is 3. The van der Waals surface area contributed by atoms with E-state index < -0.39 is 18.1 Å². The van der Waals surface area contributed by atoms with Crippen LogP contribution >= 0.6 is 0 Å². The number of rotatable bonds is 12. The predicted octanol–water partition coefficient (Wildman–Crippen LogP) is 5.18. The van der Waals surface area contributed by atoms with Crippen LogP contribution in [0, 0.1) is 0 Å². The summed E-state index contributed by atoms with van der Waals surface area (Å²) < 4.78 is 10.8. The van der Waals surface area contributed by atoms with E-state index >= 15 is 0 Å². The van der Waals surface area contributed by atoms with Gasteiger partial charge in [-0.2, -0.15) is 0 Å². The zero-order chi connectivity index (χ0) is 25.0. The van der Waals surface area contributed by atoms with Gasteiger partial charge in [0.05, 0.1) is 0 Å². The van der Waals surface area contributed by atoms with Crippen molar-refractivity contribution in [2.75, 3.05) is 11.9 Å². The van der Waals surface area contributed by atoms with Crippen molar-refractivity contribution in [2.24, 2.45) is 0 Å². The highest BCUT2D eigenvalue weighted by atomic mass is 16.6. The smallest absolute Gasteiger partial charge is 0.408 e. The lowest BCUT2D eigenvalue weighted by Crippen LogP contribution is -2.42. The number of aromatic amines is 1. The highest BCUT2D eigenvalue weighted by Crippen LogP contribution is 2.14. The Hall–Kier alpha value is -4.33. The number of carbonyl (C=O) groups excluding carboxylic acids is 2. The Bertz CT molecular complexity index is 1240. The molecule has 0 radical (unpaired) electrons. The summed E-state index contributed by atoms with van der Waals surface area (Å²) in [6, 6.07) is 23.9. The van der Waals surface area contributed by atoms with Crippen LogP contribution in [0.2, 0.25) is 0 Å². The zero-order valence-corrected chi connectivity index (χ0v) is 20.0. The lowest BCUT2D eigenvalue weighted by atomic mass is 10.1. The van der Waals surface area contributed by atoms with Gasteiger partial charge in [-0.1, -0.05) is 60.7 Å².